The number of carbonyl (C=O) groups is 1. The van der Waals surface area contributed by atoms with Crippen LogP contribution in [0.1, 0.15) is 31.1 Å². The molecular weight excluding hydrogens is 331 g/mol. The smallest absolute Gasteiger partial charge is 0.258 e. The Balaban J connectivity index is 2.25. The lowest BCUT2D eigenvalue weighted by Crippen LogP contribution is -2.40. The van der Waals surface area contributed by atoms with Gasteiger partial charge in [-0.3, -0.25) is 4.79 Å². The summed E-state index contributed by atoms with van der Waals surface area (Å²) in [6, 6.07) is 11.4. The first-order valence-corrected chi connectivity index (χ1v) is 8.77. The lowest BCUT2D eigenvalue weighted by atomic mass is 10.1. The third kappa shape index (κ3) is 4.62. The molecule has 0 bridgehead atoms. The number of carbonyl (C=O) groups excluding carboxylic acids is 1. The molecule has 128 valence electrons. The maximum atomic E-state index is 13.6. The van der Waals surface area contributed by atoms with E-state index in [2.05, 4.69) is 10.0 Å². The minimum absolute atomic E-state index is 0.0174. The lowest BCUT2D eigenvalue weighted by molar-refractivity contribution is 0.102. The number of benzene rings is 2. The van der Waals surface area contributed by atoms with Gasteiger partial charge in [0.25, 0.3) is 5.91 Å². The van der Waals surface area contributed by atoms with Crippen LogP contribution in [0.3, 0.4) is 0 Å². The first-order chi connectivity index (χ1) is 11.1. The first kappa shape index (κ1) is 18.1. The molecule has 2 N–H and O–H groups in total. The van der Waals surface area contributed by atoms with Crippen LogP contribution in [-0.2, 0) is 10.0 Å². The van der Waals surface area contributed by atoms with Crippen molar-refractivity contribution in [3.05, 3.63) is 59.9 Å². The van der Waals surface area contributed by atoms with Crippen LogP contribution in [0.2, 0.25) is 0 Å². The van der Waals surface area contributed by atoms with E-state index in [4.69, 9.17) is 0 Å². The van der Waals surface area contributed by atoms with Crippen molar-refractivity contribution in [2.75, 3.05) is 5.32 Å². The summed E-state index contributed by atoms with van der Waals surface area (Å²) in [6.45, 7) is 5.19. The van der Waals surface area contributed by atoms with Gasteiger partial charge in [0.05, 0.1) is 10.5 Å². The predicted octanol–water partition coefficient (Wildman–Crippen LogP) is 3.15. The maximum absolute atomic E-state index is 13.6. The number of amides is 1. The molecule has 0 atom stereocenters. The molecule has 24 heavy (non-hydrogen) atoms. The van der Waals surface area contributed by atoms with Gasteiger partial charge in [-0.05, 0) is 51.1 Å². The van der Waals surface area contributed by atoms with Gasteiger partial charge in [0, 0.05) is 11.2 Å². The molecule has 0 unspecified atom stereocenters. The quantitative estimate of drug-likeness (QED) is 0.889. The van der Waals surface area contributed by atoms with Crippen LogP contribution in [0.4, 0.5) is 10.1 Å². The Morgan fingerprint density at radius 3 is 2.33 bits per heavy atom. The van der Waals surface area contributed by atoms with Crippen LogP contribution in [0, 0.1) is 5.82 Å². The fourth-order valence-corrected chi connectivity index (χ4v) is 3.51. The van der Waals surface area contributed by atoms with E-state index >= 15 is 0 Å². The molecule has 7 heteroatoms. The molecule has 0 spiro atoms. The van der Waals surface area contributed by atoms with Gasteiger partial charge in [-0.1, -0.05) is 18.2 Å². The van der Waals surface area contributed by atoms with Crippen molar-refractivity contribution in [3.63, 3.8) is 0 Å². The summed E-state index contributed by atoms with van der Waals surface area (Å²) >= 11 is 0. The summed E-state index contributed by atoms with van der Waals surface area (Å²) in [4.78, 5) is 12.1. The summed E-state index contributed by atoms with van der Waals surface area (Å²) in [5.74, 6) is -1.29. The molecule has 0 saturated carbocycles. The van der Waals surface area contributed by atoms with Crippen LogP contribution < -0.4 is 10.0 Å². The van der Waals surface area contributed by atoms with Crippen LogP contribution in [0.25, 0.3) is 0 Å². The fourth-order valence-electron chi connectivity index (χ4n) is 2.05. The SMILES string of the molecule is CC(C)(C)NS(=O)(=O)c1cccc(NC(=O)c2ccccc2F)c1. The average molecular weight is 350 g/mol. The Morgan fingerprint density at radius 2 is 1.71 bits per heavy atom. The highest BCUT2D eigenvalue weighted by atomic mass is 32.2. The molecule has 0 radical (unpaired) electrons. The number of halogens is 1. The molecule has 0 heterocycles. The van der Waals surface area contributed by atoms with Crippen molar-refractivity contribution < 1.29 is 17.6 Å². The predicted molar refractivity (Wildman–Crippen MR) is 90.9 cm³/mol. The van der Waals surface area contributed by atoms with E-state index in [9.17, 15) is 17.6 Å². The second kappa shape index (κ2) is 6.70. The molecule has 0 saturated heterocycles. The second-order valence-corrected chi connectivity index (χ2v) is 8.00. The van der Waals surface area contributed by atoms with E-state index in [1.54, 1.807) is 26.8 Å². The van der Waals surface area contributed by atoms with Gasteiger partial charge >= 0.3 is 0 Å². The van der Waals surface area contributed by atoms with Crippen molar-refractivity contribution in [1.29, 1.82) is 0 Å². The third-order valence-electron chi connectivity index (χ3n) is 2.96. The number of anilines is 1. The van der Waals surface area contributed by atoms with E-state index in [1.165, 1.54) is 42.5 Å². The highest BCUT2D eigenvalue weighted by molar-refractivity contribution is 7.89. The van der Waals surface area contributed by atoms with Gasteiger partial charge in [-0.15, -0.1) is 0 Å². The third-order valence-corrected chi connectivity index (χ3v) is 4.72. The second-order valence-electron chi connectivity index (χ2n) is 6.32. The number of hydrogen-bond acceptors (Lipinski definition) is 3. The fraction of sp³-hybridized carbons (Fsp3) is 0.235. The molecule has 1 amide bonds. The van der Waals surface area contributed by atoms with Crippen LogP contribution in [-0.4, -0.2) is 19.9 Å². The molecule has 2 rings (SSSR count). The minimum Gasteiger partial charge on any atom is -0.322 e. The molecule has 0 fully saturated rings. The molecule has 2 aromatic rings. The normalized spacial score (nSPS) is 12.0. The number of nitrogens with one attached hydrogen (secondary N) is 2. The first-order valence-electron chi connectivity index (χ1n) is 7.28. The van der Waals surface area contributed by atoms with Gasteiger partial charge in [0.2, 0.25) is 10.0 Å². The monoisotopic (exact) mass is 350 g/mol. The average Bonchev–Trinajstić information content (AvgIpc) is 2.45. The molecular formula is C17H19FN2O3S. The highest BCUT2D eigenvalue weighted by Crippen LogP contribution is 2.18. The standard InChI is InChI=1S/C17H19FN2O3S/c1-17(2,3)20-24(22,23)13-8-6-7-12(11-13)19-16(21)14-9-4-5-10-15(14)18/h4-11,20H,1-3H3,(H,19,21). The Kier molecular flexibility index (Phi) is 5.05. The summed E-state index contributed by atoms with van der Waals surface area (Å²) in [5.41, 5.74) is -0.482. The summed E-state index contributed by atoms with van der Waals surface area (Å²) in [5, 5.41) is 2.50. The van der Waals surface area contributed by atoms with Gasteiger partial charge in [0.15, 0.2) is 0 Å². The van der Waals surface area contributed by atoms with Crippen molar-refractivity contribution in [2.45, 2.75) is 31.2 Å². The van der Waals surface area contributed by atoms with Gasteiger partial charge < -0.3 is 5.32 Å². The Labute approximate surface area is 141 Å². The molecule has 0 aromatic heterocycles. The molecule has 0 aliphatic heterocycles. The molecule has 0 aliphatic carbocycles. The van der Waals surface area contributed by atoms with E-state index in [-0.39, 0.29) is 16.1 Å². The molecule has 5 nitrogen and oxygen atoms in total. The van der Waals surface area contributed by atoms with E-state index in [0.29, 0.717) is 0 Å². The van der Waals surface area contributed by atoms with Gasteiger partial charge in [0.1, 0.15) is 5.82 Å². The largest absolute Gasteiger partial charge is 0.322 e. The van der Waals surface area contributed by atoms with Crippen molar-refractivity contribution in [3.8, 4) is 0 Å². The maximum Gasteiger partial charge on any atom is 0.258 e. The minimum atomic E-state index is -3.72. The number of hydrogen-bond donors (Lipinski definition) is 2. The molecule has 2 aromatic carbocycles. The topological polar surface area (TPSA) is 75.3 Å². The zero-order valence-corrected chi connectivity index (χ0v) is 14.4. The van der Waals surface area contributed by atoms with Crippen molar-refractivity contribution in [1.82, 2.24) is 4.72 Å². The van der Waals surface area contributed by atoms with E-state index in [1.807, 2.05) is 0 Å². The summed E-state index contributed by atoms with van der Waals surface area (Å²) in [6.07, 6.45) is 0. The summed E-state index contributed by atoms with van der Waals surface area (Å²) in [7, 11) is -3.72. The highest BCUT2D eigenvalue weighted by Gasteiger charge is 2.22. The van der Waals surface area contributed by atoms with E-state index < -0.39 is 27.3 Å². The van der Waals surface area contributed by atoms with E-state index in [0.717, 1.165) is 0 Å². The lowest BCUT2D eigenvalue weighted by Gasteiger charge is -2.20. The summed E-state index contributed by atoms with van der Waals surface area (Å²) < 4.78 is 40.8. The molecule has 0 aliphatic rings. The Hall–Kier alpha value is -2.25. The van der Waals surface area contributed by atoms with Crippen LogP contribution in [0.5, 0.6) is 0 Å². The number of sulfonamides is 1. The zero-order chi connectivity index (χ0) is 18.0. The van der Waals surface area contributed by atoms with Gasteiger partial charge in [-0.25, -0.2) is 17.5 Å². The van der Waals surface area contributed by atoms with Crippen molar-refractivity contribution in [2.24, 2.45) is 0 Å². The zero-order valence-electron chi connectivity index (χ0n) is 13.6. The number of rotatable bonds is 4. The Bertz CT molecular complexity index is 858. The van der Waals surface area contributed by atoms with Gasteiger partial charge in [-0.2, -0.15) is 0 Å². The van der Waals surface area contributed by atoms with Crippen LogP contribution in [0.15, 0.2) is 53.4 Å². The van der Waals surface area contributed by atoms with Crippen molar-refractivity contribution >= 4 is 21.6 Å². The Morgan fingerprint density at radius 1 is 1.04 bits per heavy atom. The van der Waals surface area contributed by atoms with Crippen LogP contribution >= 0.6 is 0 Å².